The Morgan fingerprint density at radius 1 is 1.19 bits per heavy atom. The van der Waals surface area contributed by atoms with Gasteiger partial charge in [-0.2, -0.15) is 0 Å². The summed E-state index contributed by atoms with van der Waals surface area (Å²) in [5.41, 5.74) is 1.08. The first kappa shape index (κ1) is 15.3. The van der Waals surface area contributed by atoms with Gasteiger partial charge >= 0.3 is 0 Å². The minimum absolute atomic E-state index is 0.0628. The van der Waals surface area contributed by atoms with E-state index in [0.29, 0.717) is 30.1 Å². The first-order valence-electron chi connectivity index (χ1n) is 6.94. The molecule has 1 aliphatic heterocycles. The molecular weight excluding hydrogens is 270 g/mol. The highest BCUT2D eigenvalue weighted by atomic mass is 16.5. The molecule has 1 aromatic carbocycles. The summed E-state index contributed by atoms with van der Waals surface area (Å²) in [5.74, 6) is 0.290. The standard InChI is InChI=1S/C15H21N3O3/c1-11(19)16-12-4-5-14(21-3)13(10-12)15(20)18-8-6-17(2)7-9-18/h4-5,10H,6-9H2,1-3H3,(H,16,19). The Kier molecular flexibility index (Phi) is 4.80. The summed E-state index contributed by atoms with van der Waals surface area (Å²) in [6, 6.07) is 5.09. The number of hydrogen-bond acceptors (Lipinski definition) is 4. The van der Waals surface area contributed by atoms with Gasteiger partial charge in [0.1, 0.15) is 5.75 Å². The summed E-state index contributed by atoms with van der Waals surface area (Å²) in [4.78, 5) is 27.8. The molecule has 0 spiro atoms. The van der Waals surface area contributed by atoms with E-state index in [1.807, 2.05) is 11.9 Å². The third kappa shape index (κ3) is 3.72. The maximum absolute atomic E-state index is 12.6. The number of amides is 2. The number of anilines is 1. The van der Waals surface area contributed by atoms with Crippen molar-refractivity contribution in [3.8, 4) is 5.75 Å². The summed E-state index contributed by atoms with van der Waals surface area (Å²) in [7, 11) is 3.58. The molecule has 0 atom stereocenters. The van der Waals surface area contributed by atoms with E-state index in [1.165, 1.54) is 14.0 Å². The zero-order valence-corrected chi connectivity index (χ0v) is 12.7. The minimum Gasteiger partial charge on any atom is -0.496 e. The largest absolute Gasteiger partial charge is 0.496 e. The fourth-order valence-corrected chi connectivity index (χ4v) is 2.34. The summed E-state index contributed by atoms with van der Waals surface area (Å²) < 4.78 is 5.27. The van der Waals surface area contributed by atoms with Crippen molar-refractivity contribution in [3.63, 3.8) is 0 Å². The van der Waals surface area contributed by atoms with Crippen LogP contribution in [-0.2, 0) is 4.79 Å². The number of carbonyl (C=O) groups excluding carboxylic acids is 2. The van der Waals surface area contributed by atoms with Crippen LogP contribution in [0, 0.1) is 0 Å². The Hall–Kier alpha value is -2.08. The van der Waals surface area contributed by atoms with Gasteiger partial charge in [0.05, 0.1) is 12.7 Å². The number of hydrogen-bond donors (Lipinski definition) is 1. The Balaban J connectivity index is 2.23. The zero-order chi connectivity index (χ0) is 15.4. The van der Waals surface area contributed by atoms with E-state index in [4.69, 9.17) is 4.74 Å². The van der Waals surface area contributed by atoms with Crippen molar-refractivity contribution in [1.29, 1.82) is 0 Å². The second-order valence-corrected chi connectivity index (χ2v) is 5.19. The quantitative estimate of drug-likeness (QED) is 0.904. The van der Waals surface area contributed by atoms with Crippen molar-refractivity contribution in [2.75, 3.05) is 45.7 Å². The van der Waals surface area contributed by atoms with E-state index in [-0.39, 0.29) is 11.8 Å². The Labute approximate surface area is 124 Å². The van der Waals surface area contributed by atoms with E-state index in [1.54, 1.807) is 18.2 Å². The normalized spacial score (nSPS) is 15.7. The van der Waals surface area contributed by atoms with Crippen LogP contribution in [0.2, 0.25) is 0 Å². The van der Waals surface area contributed by atoms with Crippen LogP contribution >= 0.6 is 0 Å². The van der Waals surface area contributed by atoms with Crippen molar-refractivity contribution in [3.05, 3.63) is 23.8 Å². The van der Waals surface area contributed by atoms with Crippen LogP contribution < -0.4 is 10.1 Å². The van der Waals surface area contributed by atoms with Crippen molar-refractivity contribution in [1.82, 2.24) is 9.80 Å². The molecule has 2 amide bonds. The molecular formula is C15H21N3O3. The van der Waals surface area contributed by atoms with Crippen LogP contribution in [0.5, 0.6) is 5.75 Å². The molecule has 0 saturated carbocycles. The molecule has 1 N–H and O–H groups in total. The Morgan fingerprint density at radius 2 is 1.86 bits per heavy atom. The van der Waals surface area contributed by atoms with Gasteiger partial charge < -0.3 is 19.9 Å². The molecule has 0 bridgehead atoms. The molecule has 0 radical (unpaired) electrons. The zero-order valence-electron chi connectivity index (χ0n) is 12.7. The molecule has 1 saturated heterocycles. The molecule has 1 aliphatic rings. The number of ether oxygens (including phenoxy) is 1. The number of rotatable bonds is 3. The van der Waals surface area contributed by atoms with Gasteiger partial charge in [-0.1, -0.05) is 0 Å². The second kappa shape index (κ2) is 6.58. The van der Waals surface area contributed by atoms with Crippen LogP contribution in [0.1, 0.15) is 17.3 Å². The monoisotopic (exact) mass is 291 g/mol. The smallest absolute Gasteiger partial charge is 0.257 e. The fourth-order valence-electron chi connectivity index (χ4n) is 2.34. The van der Waals surface area contributed by atoms with Crippen LogP contribution in [0.25, 0.3) is 0 Å². The van der Waals surface area contributed by atoms with Crippen LogP contribution in [-0.4, -0.2) is 62.0 Å². The number of methoxy groups -OCH3 is 1. The lowest BCUT2D eigenvalue weighted by Gasteiger charge is -2.32. The van der Waals surface area contributed by atoms with E-state index < -0.39 is 0 Å². The lowest BCUT2D eigenvalue weighted by Crippen LogP contribution is -2.47. The average Bonchev–Trinajstić information content (AvgIpc) is 2.46. The van der Waals surface area contributed by atoms with Gasteiger partial charge in [-0.15, -0.1) is 0 Å². The summed E-state index contributed by atoms with van der Waals surface area (Å²) in [5, 5.41) is 2.69. The van der Waals surface area contributed by atoms with Crippen molar-refractivity contribution >= 4 is 17.5 Å². The highest BCUT2D eigenvalue weighted by molar-refractivity contribution is 5.99. The Bertz CT molecular complexity index is 537. The molecule has 6 heteroatoms. The summed E-state index contributed by atoms with van der Waals surface area (Å²) in [6.45, 7) is 4.55. The molecule has 6 nitrogen and oxygen atoms in total. The lowest BCUT2D eigenvalue weighted by atomic mass is 10.1. The summed E-state index contributed by atoms with van der Waals surface area (Å²) in [6.07, 6.45) is 0. The predicted octanol–water partition coefficient (Wildman–Crippen LogP) is 1.04. The van der Waals surface area contributed by atoms with Gasteiger partial charge in [-0.05, 0) is 25.2 Å². The van der Waals surface area contributed by atoms with Gasteiger partial charge in [0.15, 0.2) is 0 Å². The maximum atomic E-state index is 12.6. The van der Waals surface area contributed by atoms with Crippen LogP contribution in [0.15, 0.2) is 18.2 Å². The molecule has 114 valence electrons. The summed E-state index contributed by atoms with van der Waals surface area (Å²) >= 11 is 0. The van der Waals surface area contributed by atoms with E-state index in [9.17, 15) is 9.59 Å². The molecule has 0 aliphatic carbocycles. The number of nitrogens with zero attached hydrogens (tertiary/aromatic N) is 2. The molecule has 2 rings (SSSR count). The molecule has 0 aromatic heterocycles. The number of nitrogens with one attached hydrogen (secondary N) is 1. The van der Waals surface area contributed by atoms with Crippen molar-refractivity contribution < 1.29 is 14.3 Å². The van der Waals surface area contributed by atoms with Gasteiger partial charge in [0, 0.05) is 38.8 Å². The SMILES string of the molecule is COc1ccc(NC(C)=O)cc1C(=O)N1CCN(C)CC1. The first-order valence-corrected chi connectivity index (χ1v) is 6.94. The van der Waals surface area contributed by atoms with Crippen molar-refractivity contribution in [2.45, 2.75) is 6.92 Å². The fraction of sp³-hybridized carbons (Fsp3) is 0.467. The number of piperazine rings is 1. The molecule has 1 fully saturated rings. The maximum Gasteiger partial charge on any atom is 0.257 e. The minimum atomic E-state index is -0.168. The molecule has 1 aromatic rings. The third-order valence-corrected chi connectivity index (χ3v) is 3.54. The molecule has 0 unspecified atom stereocenters. The highest BCUT2D eigenvalue weighted by Crippen LogP contribution is 2.24. The number of carbonyl (C=O) groups is 2. The van der Waals surface area contributed by atoms with Crippen molar-refractivity contribution in [2.24, 2.45) is 0 Å². The van der Waals surface area contributed by atoms with Crippen LogP contribution in [0.3, 0.4) is 0 Å². The Morgan fingerprint density at radius 3 is 2.43 bits per heavy atom. The van der Waals surface area contributed by atoms with Crippen LogP contribution in [0.4, 0.5) is 5.69 Å². The number of likely N-dealkylation sites (N-methyl/N-ethyl adjacent to an activating group) is 1. The third-order valence-electron chi connectivity index (χ3n) is 3.54. The lowest BCUT2D eigenvalue weighted by molar-refractivity contribution is -0.114. The van der Waals surface area contributed by atoms with E-state index in [2.05, 4.69) is 10.2 Å². The highest BCUT2D eigenvalue weighted by Gasteiger charge is 2.23. The van der Waals surface area contributed by atoms with Gasteiger partial charge in [-0.25, -0.2) is 0 Å². The van der Waals surface area contributed by atoms with Gasteiger partial charge in [0.2, 0.25) is 5.91 Å². The predicted molar refractivity (Wildman–Crippen MR) is 80.7 cm³/mol. The molecule has 21 heavy (non-hydrogen) atoms. The number of benzene rings is 1. The second-order valence-electron chi connectivity index (χ2n) is 5.19. The first-order chi connectivity index (χ1) is 10.0. The van der Waals surface area contributed by atoms with Gasteiger partial charge in [-0.3, -0.25) is 9.59 Å². The van der Waals surface area contributed by atoms with E-state index in [0.717, 1.165) is 13.1 Å². The van der Waals surface area contributed by atoms with E-state index >= 15 is 0 Å². The topological polar surface area (TPSA) is 61.9 Å². The average molecular weight is 291 g/mol. The van der Waals surface area contributed by atoms with Gasteiger partial charge in [0.25, 0.3) is 5.91 Å². The molecule has 1 heterocycles.